The number of hydrogen-bond donors (Lipinski definition) is 4. The summed E-state index contributed by atoms with van der Waals surface area (Å²) in [4.78, 5) is 12.9. The molecule has 4 N–H and O–H groups in total. The van der Waals surface area contributed by atoms with Crippen LogP contribution in [0.1, 0.15) is 194 Å². The highest BCUT2D eigenvalue weighted by atomic mass is 16.7. The second-order valence-corrected chi connectivity index (χ2v) is 17.9. The largest absolute Gasteiger partial charge is 0.457 e. The molecule has 0 aromatic rings. The van der Waals surface area contributed by atoms with Crippen molar-refractivity contribution in [2.24, 2.45) is 0 Å². The molecule has 1 aliphatic heterocycles. The first-order chi connectivity index (χ1) is 33.4. The van der Waals surface area contributed by atoms with Crippen LogP contribution in [0.2, 0.25) is 0 Å². The fourth-order valence-electron chi connectivity index (χ4n) is 7.50. The average Bonchev–Trinajstić information content (AvgIpc) is 3.34. The molecule has 388 valence electrons. The van der Waals surface area contributed by atoms with Crippen molar-refractivity contribution in [3.05, 3.63) is 109 Å². The molecule has 0 saturated carbocycles. The van der Waals surface area contributed by atoms with Crippen molar-refractivity contribution in [2.75, 3.05) is 26.4 Å². The summed E-state index contributed by atoms with van der Waals surface area (Å²) < 4.78 is 22.9. The number of unbranched alkanes of at least 4 members (excludes halogenated alkanes) is 16. The molecule has 6 atom stereocenters. The van der Waals surface area contributed by atoms with E-state index in [1.165, 1.54) is 64.2 Å². The zero-order chi connectivity index (χ0) is 49.2. The molecule has 0 aromatic heterocycles. The number of rotatable bonds is 45. The SMILES string of the molecule is CC/C=C\C/C=C\C/C=C\C/C=C\C/C=C\C/C=C\CCCCCCC(=O)OC(COCCCCCCCCC/C=C\C/C=C\C/C=C\CCCCCCC)COC1OC(CO)C(O)C(O)C1O. The van der Waals surface area contributed by atoms with Crippen LogP contribution in [0.5, 0.6) is 0 Å². The molecule has 9 nitrogen and oxygen atoms in total. The Morgan fingerprint density at radius 2 is 0.897 bits per heavy atom. The second kappa shape index (κ2) is 48.9. The molecule has 0 radical (unpaired) electrons. The normalized spacial score (nSPS) is 20.0. The predicted octanol–water partition coefficient (Wildman–Crippen LogP) is 13.7. The number of carbonyl (C=O) groups excluding carboxylic acids is 1. The highest BCUT2D eigenvalue weighted by molar-refractivity contribution is 5.69. The summed E-state index contributed by atoms with van der Waals surface area (Å²) in [6.07, 6.45) is 62.6. The van der Waals surface area contributed by atoms with E-state index in [0.717, 1.165) is 109 Å². The number of aliphatic hydroxyl groups excluding tert-OH is 4. The first-order valence-electron chi connectivity index (χ1n) is 27.0. The van der Waals surface area contributed by atoms with E-state index in [1.807, 2.05) is 0 Å². The summed E-state index contributed by atoms with van der Waals surface area (Å²) in [6.45, 7) is 4.37. The van der Waals surface area contributed by atoms with Gasteiger partial charge in [-0.25, -0.2) is 0 Å². The van der Waals surface area contributed by atoms with Crippen LogP contribution in [-0.2, 0) is 23.7 Å². The molecule has 1 aliphatic rings. The van der Waals surface area contributed by atoms with Crippen molar-refractivity contribution in [2.45, 2.75) is 230 Å². The van der Waals surface area contributed by atoms with Gasteiger partial charge in [0.15, 0.2) is 6.29 Å². The van der Waals surface area contributed by atoms with Crippen molar-refractivity contribution in [3.8, 4) is 0 Å². The Kier molecular flexibility index (Phi) is 45.2. The Balaban J connectivity index is 2.25. The molecule has 0 bridgehead atoms. The van der Waals surface area contributed by atoms with Crippen molar-refractivity contribution in [1.82, 2.24) is 0 Å². The monoisotopic (exact) mass is 951 g/mol. The van der Waals surface area contributed by atoms with E-state index in [0.29, 0.717) is 6.61 Å². The van der Waals surface area contributed by atoms with Gasteiger partial charge in [0.05, 0.1) is 19.8 Å². The third kappa shape index (κ3) is 38.7. The number of esters is 1. The lowest BCUT2D eigenvalue weighted by atomic mass is 9.99. The van der Waals surface area contributed by atoms with Gasteiger partial charge in [-0.1, -0.05) is 194 Å². The van der Waals surface area contributed by atoms with Gasteiger partial charge in [0, 0.05) is 13.0 Å². The van der Waals surface area contributed by atoms with E-state index >= 15 is 0 Å². The minimum atomic E-state index is -1.55. The van der Waals surface area contributed by atoms with Crippen LogP contribution in [0.4, 0.5) is 0 Å². The van der Waals surface area contributed by atoms with E-state index in [2.05, 4.69) is 123 Å². The van der Waals surface area contributed by atoms with E-state index in [4.69, 9.17) is 18.9 Å². The van der Waals surface area contributed by atoms with Crippen LogP contribution >= 0.6 is 0 Å². The summed E-state index contributed by atoms with van der Waals surface area (Å²) in [5.41, 5.74) is 0. The van der Waals surface area contributed by atoms with Crippen molar-refractivity contribution in [3.63, 3.8) is 0 Å². The summed E-state index contributed by atoms with van der Waals surface area (Å²) in [5, 5.41) is 40.3. The molecule has 6 unspecified atom stereocenters. The van der Waals surface area contributed by atoms with Crippen molar-refractivity contribution in [1.29, 1.82) is 0 Å². The minimum absolute atomic E-state index is 0.120. The second-order valence-electron chi connectivity index (χ2n) is 17.9. The molecule has 68 heavy (non-hydrogen) atoms. The summed E-state index contributed by atoms with van der Waals surface area (Å²) in [6, 6.07) is 0. The Labute approximate surface area is 414 Å². The molecular formula is C59H98O9. The smallest absolute Gasteiger partial charge is 0.306 e. The van der Waals surface area contributed by atoms with Crippen LogP contribution in [-0.4, -0.2) is 89.6 Å². The predicted molar refractivity (Wildman–Crippen MR) is 283 cm³/mol. The lowest BCUT2D eigenvalue weighted by molar-refractivity contribution is -0.305. The van der Waals surface area contributed by atoms with Crippen LogP contribution < -0.4 is 0 Å². The maximum Gasteiger partial charge on any atom is 0.306 e. The van der Waals surface area contributed by atoms with E-state index in [-0.39, 0.29) is 25.6 Å². The highest BCUT2D eigenvalue weighted by Gasteiger charge is 2.44. The molecule has 0 amide bonds. The quantitative estimate of drug-likeness (QED) is 0.0267. The van der Waals surface area contributed by atoms with Crippen LogP contribution in [0, 0.1) is 0 Å². The molecule has 9 heteroatoms. The topological polar surface area (TPSA) is 135 Å². The summed E-state index contributed by atoms with van der Waals surface area (Å²) in [5.74, 6) is -0.345. The number of hydrogen-bond acceptors (Lipinski definition) is 9. The molecule has 1 fully saturated rings. The molecule has 1 rings (SSSR count). The highest BCUT2D eigenvalue weighted by Crippen LogP contribution is 2.22. The molecule has 1 heterocycles. The Bertz CT molecular complexity index is 1410. The van der Waals surface area contributed by atoms with Crippen molar-refractivity contribution < 1.29 is 44.2 Å². The third-order valence-electron chi connectivity index (χ3n) is 11.7. The molecule has 0 aromatic carbocycles. The number of carbonyl (C=O) groups is 1. The fraction of sp³-hybridized carbons (Fsp3) is 0.678. The van der Waals surface area contributed by atoms with Crippen molar-refractivity contribution >= 4 is 5.97 Å². The first kappa shape index (κ1) is 62.9. The van der Waals surface area contributed by atoms with Gasteiger partial charge in [0.25, 0.3) is 0 Å². The number of ether oxygens (including phenoxy) is 4. The lowest BCUT2D eigenvalue weighted by Gasteiger charge is -2.39. The number of aliphatic hydroxyl groups is 4. The van der Waals surface area contributed by atoms with Gasteiger partial charge in [-0.05, 0) is 103 Å². The van der Waals surface area contributed by atoms with Gasteiger partial charge in [0.1, 0.15) is 30.5 Å². The zero-order valence-corrected chi connectivity index (χ0v) is 42.8. The molecular weight excluding hydrogens is 853 g/mol. The van der Waals surface area contributed by atoms with Crippen LogP contribution in [0.15, 0.2) is 109 Å². The van der Waals surface area contributed by atoms with Gasteiger partial charge in [0.2, 0.25) is 0 Å². The molecule has 1 saturated heterocycles. The minimum Gasteiger partial charge on any atom is -0.457 e. The Hall–Kier alpha value is -3.15. The number of allylic oxidation sites excluding steroid dienone is 18. The zero-order valence-electron chi connectivity index (χ0n) is 42.8. The standard InChI is InChI=1S/C59H98O9/c1-3-5-7-9-11-13-15-17-19-21-23-25-27-28-30-32-34-36-38-40-42-44-46-48-55(61)67-53(52-66-59-58(64)57(63)56(62)54(50-60)68-59)51-65-49-47-45-43-41-39-37-35-33-31-29-26-24-22-20-18-16-14-12-10-8-6-4-2/h5,7,11,13,16-19,22-25,28-31,34,36,53-54,56-60,62-64H,3-4,6,8-10,12,14-15,20-21,26-27,32-33,35,37-52H2,1-2H3/b7-5-,13-11-,18-16-,19-17-,24-22-,25-23-,30-28-,31-29-,36-34-. The lowest BCUT2D eigenvalue weighted by Crippen LogP contribution is -2.59. The Morgan fingerprint density at radius 3 is 1.35 bits per heavy atom. The summed E-state index contributed by atoms with van der Waals surface area (Å²) in [7, 11) is 0. The summed E-state index contributed by atoms with van der Waals surface area (Å²) >= 11 is 0. The van der Waals surface area contributed by atoms with E-state index < -0.39 is 43.4 Å². The van der Waals surface area contributed by atoms with E-state index in [9.17, 15) is 25.2 Å². The van der Waals surface area contributed by atoms with Gasteiger partial charge < -0.3 is 39.4 Å². The fourth-order valence-corrected chi connectivity index (χ4v) is 7.50. The van der Waals surface area contributed by atoms with E-state index in [1.54, 1.807) is 0 Å². The maximum atomic E-state index is 12.9. The van der Waals surface area contributed by atoms with Gasteiger partial charge >= 0.3 is 5.97 Å². The molecule has 0 aliphatic carbocycles. The maximum absolute atomic E-state index is 12.9. The van der Waals surface area contributed by atoms with Crippen LogP contribution in [0.3, 0.4) is 0 Å². The van der Waals surface area contributed by atoms with Gasteiger partial charge in [-0.15, -0.1) is 0 Å². The molecule has 0 spiro atoms. The third-order valence-corrected chi connectivity index (χ3v) is 11.7. The first-order valence-corrected chi connectivity index (χ1v) is 27.0. The van der Waals surface area contributed by atoms with Gasteiger partial charge in [-0.3, -0.25) is 4.79 Å². The van der Waals surface area contributed by atoms with Crippen LogP contribution in [0.25, 0.3) is 0 Å². The Morgan fingerprint density at radius 1 is 0.485 bits per heavy atom. The average molecular weight is 951 g/mol. The van der Waals surface area contributed by atoms with Gasteiger partial charge in [-0.2, -0.15) is 0 Å².